The van der Waals surface area contributed by atoms with E-state index in [1.807, 2.05) is 24.3 Å². The van der Waals surface area contributed by atoms with Gasteiger partial charge in [-0.15, -0.1) is 0 Å². The fourth-order valence-corrected chi connectivity index (χ4v) is 2.50. The predicted octanol–water partition coefficient (Wildman–Crippen LogP) is 1.83. The van der Waals surface area contributed by atoms with Gasteiger partial charge >= 0.3 is 0 Å². The van der Waals surface area contributed by atoms with Crippen LogP contribution in [0, 0.1) is 5.82 Å². The Hall–Kier alpha value is -2.34. The number of nitrogens with two attached hydrogens (primary N) is 1. The lowest BCUT2D eigenvalue weighted by molar-refractivity contribution is 0.624. The predicted molar refractivity (Wildman–Crippen MR) is 82.9 cm³/mol. The molecule has 0 saturated carbocycles. The van der Waals surface area contributed by atoms with Crippen LogP contribution in [-0.2, 0) is 0 Å². The van der Waals surface area contributed by atoms with E-state index in [0.29, 0.717) is 0 Å². The van der Waals surface area contributed by atoms with Crippen molar-refractivity contribution in [2.45, 2.75) is 0 Å². The van der Waals surface area contributed by atoms with Crippen LogP contribution in [0.15, 0.2) is 42.6 Å². The van der Waals surface area contributed by atoms with Crippen LogP contribution in [0.25, 0.3) is 0 Å². The number of benzene rings is 1. The Balaban J connectivity index is 1.62. The van der Waals surface area contributed by atoms with Gasteiger partial charge in [0.25, 0.3) is 0 Å². The van der Waals surface area contributed by atoms with Gasteiger partial charge in [0.1, 0.15) is 11.6 Å². The molecule has 0 aliphatic carbocycles. The molecule has 0 bridgehead atoms. The van der Waals surface area contributed by atoms with E-state index in [0.717, 1.165) is 43.4 Å². The first-order valence-electron chi connectivity index (χ1n) is 6.94. The van der Waals surface area contributed by atoms with E-state index in [1.54, 1.807) is 6.20 Å². The number of hydrogen-bond donors (Lipinski definition) is 2. The number of anilines is 3. The van der Waals surface area contributed by atoms with Gasteiger partial charge in [-0.25, -0.2) is 9.37 Å². The van der Waals surface area contributed by atoms with E-state index < -0.39 is 0 Å². The van der Waals surface area contributed by atoms with Crippen molar-refractivity contribution >= 4 is 17.2 Å². The Bertz CT molecular complexity index is 576. The smallest absolute Gasteiger partial charge is 0.128 e. The molecule has 0 spiro atoms. The zero-order valence-electron chi connectivity index (χ0n) is 11.7. The number of nitrogens with zero attached hydrogens (tertiary/aromatic N) is 3. The average molecular weight is 287 g/mol. The van der Waals surface area contributed by atoms with Gasteiger partial charge in [0, 0.05) is 31.9 Å². The van der Waals surface area contributed by atoms with Crippen molar-refractivity contribution in [3.8, 4) is 0 Å². The number of halogens is 1. The van der Waals surface area contributed by atoms with E-state index in [9.17, 15) is 4.39 Å². The van der Waals surface area contributed by atoms with Gasteiger partial charge in [-0.1, -0.05) is 0 Å². The van der Waals surface area contributed by atoms with Crippen molar-refractivity contribution < 1.29 is 4.39 Å². The largest absolute Gasteiger partial charge is 0.368 e. The highest BCUT2D eigenvalue weighted by atomic mass is 19.1. The Labute approximate surface area is 123 Å². The van der Waals surface area contributed by atoms with Gasteiger partial charge in [-0.2, -0.15) is 0 Å². The van der Waals surface area contributed by atoms with Gasteiger partial charge in [0.15, 0.2) is 0 Å². The lowest BCUT2D eigenvalue weighted by Crippen LogP contribution is -2.46. The highest BCUT2D eigenvalue weighted by Crippen LogP contribution is 2.20. The van der Waals surface area contributed by atoms with Gasteiger partial charge in [-0.3, -0.25) is 5.84 Å². The summed E-state index contributed by atoms with van der Waals surface area (Å²) in [6.07, 6.45) is 1.72. The van der Waals surface area contributed by atoms with Gasteiger partial charge in [0.05, 0.1) is 11.9 Å². The van der Waals surface area contributed by atoms with Gasteiger partial charge < -0.3 is 15.2 Å². The molecule has 0 amide bonds. The van der Waals surface area contributed by atoms with Gasteiger partial charge in [0.2, 0.25) is 0 Å². The molecule has 1 aliphatic heterocycles. The van der Waals surface area contributed by atoms with E-state index >= 15 is 0 Å². The molecule has 21 heavy (non-hydrogen) atoms. The molecule has 1 aromatic heterocycles. The summed E-state index contributed by atoms with van der Waals surface area (Å²) in [6.45, 7) is 3.56. The monoisotopic (exact) mass is 287 g/mol. The second kappa shape index (κ2) is 5.97. The number of rotatable bonds is 3. The molecule has 0 atom stereocenters. The quantitative estimate of drug-likeness (QED) is 0.666. The van der Waals surface area contributed by atoms with Crippen LogP contribution in [0.5, 0.6) is 0 Å². The molecule has 1 fully saturated rings. The molecule has 2 aromatic rings. The van der Waals surface area contributed by atoms with E-state index in [4.69, 9.17) is 5.84 Å². The fourth-order valence-electron chi connectivity index (χ4n) is 2.50. The third kappa shape index (κ3) is 3.05. The summed E-state index contributed by atoms with van der Waals surface area (Å²) in [7, 11) is 0. The number of hydrogen-bond acceptors (Lipinski definition) is 5. The highest BCUT2D eigenvalue weighted by Gasteiger charge is 2.18. The fraction of sp³-hybridized carbons (Fsp3) is 0.267. The third-order valence-corrected chi connectivity index (χ3v) is 3.71. The zero-order valence-corrected chi connectivity index (χ0v) is 11.7. The lowest BCUT2D eigenvalue weighted by atomic mass is 10.2. The van der Waals surface area contributed by atoms with Crippen molar-refractivity contribution in [2.24, 2.45) is 5.84 Å². The zero-order chi connectivity index (χ0) is 14.7. The summed E-state index contributed by atoms with van der Waals surface area (Å²) >= 11 is 0. The Morgan fingerprint density at radius 1 is 0.952 bits per heavy atom. The summed E-state index contributed by atoms with van der Waals surface area (Å²) in [5, 5.41) is 0. The summed E-state index contributed by atoms with van der Waals surface area (Å²) in [6, 6.07) is 10.5. The Kier molecular flexibility index (Phi) is 3.87. The number of aromatic nitrogens is 1. The minimum absolute atomic E-state index is 0.199. The molecule has 5 nitrogen and oxygen atoms in total. The molecule has 2 heterocycles. The number of nitrogen functional groups attached to an aromatic ring is 1. The van der Waals surface area contributed by atoms with Crippen molar-refractivity contribution in [3.05, 3.63) is 48.4 Å². The third-order valence-electron chi connectivity index (χ3n) is 3.71. The molecule has 3 N–H and O–H groups in total. The standard InChI is InChI=1S/C15H18FN5/c16-12-1-4-14(5-2-12)20-7-9-21(10-8-20)15-6-3-13(19-17)11-18-15/h1-6,11,19H,7-10,17H2. The van der Waals surface area contributed by atoms with Crippen LogP contribution in [0.1, 0.15) is 0 Å². The van der Waals surface area contributed by atoms with Crippen molar-refractivity contribution in [1.82, 2.24) is 4.98 Å². The molecule has 6 heteroatoms. The molecular weight excluding hydrogens is 269 g/mol. The molecule has 0 unspecified atom stereocenters. The van der Waals surface area contributed by atoms with Crippen LogP contribution < -0.4 is 21.1 Å². The van der Waals surface area contributed by atoms with Crippen molar-refractivity contribution in [1.29, 1.82) is 0 Å². The number of pyridine rings is 1. The van der Waals surface area contributed by atoms with Crippen molar-refractivity contribution in [3.63, 3.8) is 0 Å². The number of piperazine rings is 1. The van der Waals surface area contributed by atoms with Crippen LogP contribution in [0.4, 0.5) is 21.6 Å². The maximum Gasteiger partial charge on any atom is 0.128 e. The minimum atomic E-state index is -0.199. The summed E-state index contributed by atoms with van der Waals surface area (Å²) < 4.78 is 13.0. The Morgan fingerprint density at radius 2 is 1.62 bits per heavy atom. The summed E-state index contributed by atoms with van der Waals surface area (Å²) in [5.41, 5.74) is 4.43. The lowest BCUT2D eigenvalue weighted by Gasteiger charge is -2.36. The molecule has 3 rings (SSSR count). The minimum Gasteiger partial charge on any atom is -0.368 e. The highest BCUT2D eigenvalue weighted by molar-refractivity contribution is 5.51. The molecule has 0 radical (unpaired) electrons. The second-order valence-electron chi connectivity index (χ2n) is 5.00. The SMILES string of the molecule is NNc1ccc(N2CCN(c3ccc(F)cc3)CC2)nc1. The van der Waals surface area contributed by atoms with Crippen LogP contribution in [0.2, 0.25) is 0 Å². The van der Waals surface area contributed by atoms with E-state index in [1.165, 1.54) is 12.1 Å². The first-order chi connectivity index (χ1) is 10.3. The average Bonchev–Trinajstić information content (AvgIpc) is 2.56. The number of hydrazine groups is 1. The van der Waals surface area contributed by atoms with Crippen molar-refractivity contribution in [2.75, 3.05) is 41.4 Å². The second-order valence-corrected chi connectivity index (χ2v) is 5.00. The van der Waals surface area contributed by atoms with Crippen LogP contribution >= 0.6 is 0 Å². The van der Waals surface area contributed by atoms with E-state index in [-0.39, 0.29) is 5.82 Å². The first kappa shape index (κ1) is 13.6. The van der Waals surface area contributed by atoms with Gasteiger partial charge in [-0.05, 0) is 36.4 Å². The molecular formula is C15H18FN5. The Morgan fingerprint density at radius 3 is 2.19 bits per heavy atom. The molecule has 110 valence electrons. The first-order valence-corrected chi connectivity index (χ1v) is 6.94. The summed E-state index contributed by atoms with van der Waals surface area (Å²) in [4.78, 5) is 8.89. The molecule has 1 aliphatic rings. The maximum absolute atomic E-state index is 13.0. The molecule has 1 aromatic carbocycles. The van der Waals surface area contributed by atoms with Crippen LogP contribution in [-0.4, -0.2) is 31.2 Å². The van der Waals surface area contributed by atoms with Crippen LogP contribution in [0.3, 0.4) is 0 Å². The number of nitrogens with one attached hydrogen (secondary N) is 1. The van der Waals surface area contributed by atoms with E-state index in [2.05, 4.69) is 20.2 Å². The summed E-state index contributed by atoms with van der Waals surface area (Å²) in [5.74, 6) is 6.09. The maximum atomic E-state index is 13.0. The molecule has 1 saturated heterocycles. The normalized spacial score (nSPS) is 15.1. The topological polar surface area (TPSA) is 57.4 Å².